The van der Waals surface area contributed by atoms with Crippen molar-refractivity contribution in [3.05, 3.63) is 27.6 Å². The lowest BCUT2D eigenvalue weighted by Crippen LogP contribution is -2.47. The van der Waals surface area contributed by atoms with Gasteiger partial charge in [0, 0.05) is 9.77 Å². The molecule has 1 aromatic heterocycles. The van der Waals surface area contributed by atoms with Gasteiger partial charge in [-0.1, -0.05) is 0 Å². The van der Waals surface area contributed by atoms with Crippen LogP contribution in [0.5, 0.6) is 0 Å². The van der Waals surface area contributed by atoms with Crippen molar-refractivity contribution in [2.75, 3.05) is 0 Å². The summed E-state index contributed by atoms with van der Waals surface area (Å²) < 4.78 is 1.10. The van der Waals surface area contributed by atoms with E-state index in [9.17, 15) is 4.79 Å². The molecule has 4 nitrogen and oxygen atoms in total. The van der Waals surface area contributed by atoms with E-state index < -0.39 is 5.54 Å². The summed E-state index contributed by atoms with van der Waals surface area (Å²) in [4.78, 5) is 16.4. The molecule has 0 unspecified atom stereocenters. The first-order valence-corrected chi connectivity index (χ1v) is 6.86. The Morgan fingerprint density at radius 1 is 1.35 bits per heavy atom. The van der Waals surface area contributed by atoms with Crippen molar-refractivity contribution in [1.82, 2.24) is 10.3 Å². The minimum absolute atomic E-state index is 0.0182. The van der Waals surface area contributed by atoms with Crippen molar-refractivity contribution < 1.29 is 4.79 Å². The Hall–Kier alpha value is -0.690. The smallest absolute Gasteiger partial charge is 0.240 e. The molecule has 1 heterocycles. The van der Waals surface area contributed by atoms with Crippen LogP contribution in [-0.2, 0) is 10.3 Å². The highest BCUT2D eigenvalue weighted by Gasteiger charge is 2.53. The molecule has 0 radical (unpaired) electrons. The summed E-state index contributed by atoms with van der Waals surface area (Å²) in [6.07, 6.45) is 5.35. The van der Waals surface area contributed by atoms with Crippen LogP contribution in [-0.4, -0.2) is 16.4 Å². The SMILES string of the molecule is NC1(C(=O)NC2(c3ccc(I)cn3)CC2)CC1. The Morgan fingerprint density at radius 3 is 2.53 bits per heavy atom. The number of amides is 1. The van der Waals surface area contributed by atoms with E-state index in [4.69, 9.17) is 5.73 Å². The summed E-state index contributed by atoms with van der Waals surface area (Å²) in [6, 6.07) is 4.01. The first kappa shape index (κ1) is 11.4. The standard InChI is InChI=1S/C12H14IN3O/c13-8-1-2-9(15-7-8)12(5-6-12)16-10(17)11(14)3-4-11/h1-2,7H,3-6,14H2,(H,16,17). The number of nitrogens with zero attached hydrogens (tertiary/aromatic N) is 1. The highest BCUT2D eigenvalue weighted by molar-refractivity contribution is 14.1. The molecule has 0 atom stereocenters. The largest absolute Gasteiger partial charge is 0.343 e. The minimum atomic E-state index is -0.598. The van der Waals surface area contributed by atoms with E-state index in [0.29, 0.717) is 0 Å². The lowest BCUT2D eigenvalue weighted by Gasteiger charge is -2.19. The number of carbonyl (C=O) groups is 1. The number of pyridine rings is 1. The molecule has 17 heavy (non-hydrogen) atoms. The molecule has 2 saturated carbocycles. The Balaban J connectivity index is 1.78. The Labute approximate surface area is 114 Å². The van der Waals surface area contributed by atoms with Crippen molar-refractivity contribution in [1.29, 1.82) is 0 Å². The fourth-order valence-corrected chi connectivity index (χ4v) is 2.25. The Bertz CT molecular complexity index is 463. The zero-order valence-corrected chi connectivity index (χ0v) is 11.5. The van der Waals surface area contributed by atoms with Gasteiger partial charge < -0.3 is 11.1 Å². The van der Waals surface area contributed by atoms with Crippen molar-refractivity contribution in [2.45, 2.75) is 36.8 Å². The number of aromatic nitrogens is 1. The third-order valence-corrected chi connectivity index (χ3v) is 4.20. The molecule has 1 aromatic rings. The summed E-state index contributed by atoms with van der Waals surface area (Å²) in [5.41, 5.74) is 6.01. The number of hydrogen-bond acceptors (Lipinski definition) is 3. The van der Waals surface area contributed by atoms with E-state index in [1.165, 1.54) is 0 Å². The topological polar surface area (TPSA) is 68.0 Å². The predicted octanol–water partition coefficient (Wildman–Crippen LogP) is 1.28. The molecule has 1 amide bonds. The van der Waals surface area contributed by atoms with Crippen LogP contribution in [0.15, 0.2) is 18.3 Å². The van der Waals surface area contributed by atoms with Crippen LogP contribution in [0.25, 0.3) is 0 Å². The van der Waals surface area contributed by atoms with Crippen molar-refractivity contribution >= 4 is 28.5 Å². The number of nitrogens with one attached hydrogen (secondary N) is 1. The first-order valence-electron chi connectivity index (χ1n) is 5.78. The second-order valence-corrected chi connectivity index (χ2v) is 6.30. The Kier molecular flexibility index (Phi) is 2.45. The zero-order valence-electron chi connectivity index (χ0n) is 9.37. The van der Waals surface area contributed by atoms with Gasteiger partial charge in [-0.25, -0.2) is 0 Å². The van der Waals surface area contributed by atoms with Gasteiger partial charge in [0.2, 0.25) is 5.91 Å². The van der Waals surface area contributed by atoms with Gasteiger partial charge in [0.05, 0.1) is 16.8 Å². The number of carbonyl (C=O) groups excluding carboxylic acids is 1. The lowest BCUT2D eigenvalue weighted by atomic mass is 10.1. The number of hydrogen-bond donors (Lipinski definition) is 2. The minimum Gasteiger partial charge on any atom is -0.343 e. The molecule has 0 aliphatic heterocycles. The number of halogens is 1. The van der Waals surface area contributed by atoms with Crippen molar-refractivity contribution in [3.63, 3.8) is 0 Å². The molecular weight excluding hydrogens is 329 g/mol. The van der Waals surface area contributed by atoms with Gasteiger partial charge in [0.25, 0.3) is 0 Å². The molecule has 0 bridgehead atoms. The van der Waals surface area contributed by atoms with Crippen LogP contribution in [0.3, 0.4) is 0 Å². The molecule has 2 fully saturated rings. The number of nitrogens with two attached hydrogens (primary N) is 1. The summed E-state index contributed by atoms with van der Waals surface area (Å²) in [5, 5.41) is 3.08. The van der Waals surface area contributed by atoms with Gasteiger partial charge in [0.15, 0.2) is 0 Å². The normalized spacial score (nSPS) is 22.9. The summed E-state index contributed by atoms with van der Waals surface area (Å²) in [7, 11) is 0. The van der Waals surface area contributed by atoms with Gasteiger partial charge in [-0.2, -0.15) is 0 Å². The maximum absolute atomic E-state index is 12.0. The average Bonchev–Trinajstić information content (AvgIpc) is 3.19. The van der Waals surface area contributed by atoms with Gasteiger partial charge >= 0.3 is 0 Å². The predicted molar refractivity (Wildman–Crippen MR) is 72.2 cm³/mol. The third-order valence-electron chi connectivity index (χ3n) is 3.56. The molecule has 0 spiro atoms. The van der Waals surface area contributed by atoms with Crippen LogP contribution in [0.2, 0.25) is 0 Å². The van der Waals surface area contributed by atoms with Crippen LogP contribution >= 0.6 is 22.6 Å². The van der Waals surface area contributed by atoms with Crippen LogP contribution in [0.4, 0.5) is 0 Å². The van der Waals surface area contributed by atoms with E-state index in [1.54, 1.807) is 0 Å². The van der Waals surface area contributed by atoms with E-state index >= 15 is 0 Å². The average molecular weight is 343 g/mol. The van der Waals surface area contributed by atoms with E-state index in [0.717, 1.165) is 34.9 Å². The molecular formula is C12H14IN3O. The zero-order chi connectivity index (χ0) is 12.1. The quantitative estimate of drug-likeness (QED) is 0.813. The van der Waals surface area contributed by atoms with Crippen LogP contribution in [0, 0.1) is 3.57 Å². The molecule has 0 saturated heterocycles. The van der Waals surface area contributed by atoms with E-state index in [-0.39, 0.29) is 11.4 Å². The lowest BCUT2D eigenvalue weighted by molar-refractivity contribution is -0.124. The van der Waals surface area contributed by atoms with Gasteiger partial charge in [0.1, 0.15) is 0 Å². The Morgan fingerprint density at radius 2 is 2.06 bits per heavy atom. The highest BCUT2D eigenvalue weighted by Crippen LogP contribution is 2.46. The van der Waals surface area contributed by atoms with Crippen molar-refractivity contribution in [3.8, 4) is 0 Å². The number of rotatable bonds is 3. The molecule has 3 rings (SSSR count). The fourth-order valence-electron chi connectivity index (χ4n) is 1.93. The summed E-state index contributed by atoms with van der Waals surface area (Å²) in [6.45, 7) is 0. The fraction of sp³-hybridized carbons (Fsp3) is 0.500. The molecule has 2 aliphatic rings. The maximum atomic E-state index is 12.0. The van der Waals surface area contributed by atoms with Crippen LogP contribution < -0.4 is 11.1 Å². The van der Waals surface area contributed by atoms with E-state index in [2.05, 4.69) is 32.9 Å². The van der Waals surface area contributed by atoms with Crippen molar-refractivity contribution in [2.24, 2.45) is 5.73 Å². The molecule has 0 aromatic carbocycles. The van der Waals surface area contributed by atoms with Crippen LogP contribution in [0.1, 0.15) is 31.4 Å². The molecule has 90 valence electrons. The van der Waals surface area contributed by atoms with Gasteiger partial charge in [-0.3, -0.25) is 9.78 Å². The highest BCUT2D eigenvalue weighted by atomic mass is 127. The van der Waals surface area contributed by atoms with Gasteiger partial charge in [-0.15, -0.1) is 0 Å². The first-order chi connectivity index (χ1) is 8.04. The molecule has 2 aliphatic carbocycles. The molecule has 3 N–H and O–H groups in total. The van der Waals surface area contributed by atoms with E-state index in [1.807, 2.05) is 18.3 Å². The third kappa shape index (κ3) is 2.06. The van der Waals surface area contributed by atoms with Gasteiger partial charge in [-0.05, 0) is 60.4 Å². The molecule has 5 heteroatoms. The monoisotopic (exact) mass is 343 g/mol. The summed E-state index contributed by atoms with van der Waals surface area (Å²) in [5.74, 6) is -0.0182. The second kappa shape index (κ2) is 3.65. The summed E-state index contributed by atoms with van der Waals surface area (Å²) >= 11 is 2.22. The second-order valence-electron chi connectivity index (χ2n) is 5.05. The maximum Gasteiger partial charge on any atom is 0.240 e.